The molecule has 0 aliphatic carbocycles. The molecule has 0 unspecified atom stereocenters. The van der Waals surface area contributed by atoms with Crippen LogP contribution in [0.15, 0.2) is 30.3 Å². The Labute approximate surface area is 231 Å². The van der Waals surface area contributed by atoms with Gasteiger partial charge in [-0.15, -0.1) is 0 Å². The molecular formula is C28H33ClF2N6O2. The van der Waals surface area contributed by atoms with Crippen LogP contribution in [0.3, 0.4) is 0 Å². The lowest BCUT2D eigenvalue weighted by atomic mass is 9.72. The molecule has 8 nitrogen and oxygen atoms in total. The zero-order valence-corrected chi connectivity index (χ0v) is 23.0. The number of carboxylic acid groups (broad SMARTS) is 1. The SMILES string of the molecule is Cc1cc(Nc2cc(C3CN(C)C3)c(F)c(C[C@@]3(C(=O)O)CCN(Cc4cccc(Cl)c4F)[C@H](C)C3)n2)n[nH]1. The molecule has 2 aliphatic heterocycles. The van der Waals surface area contributed by atoms with Crippen LogP contribution in [0.2, 0.25) is 5.02 Å². The van der Waals surface area contributed by atoms with Gasteiger partial charge in [0.2, 0.25) is 0 Å². The topological polar surface area (TPSA) is 97.4 Å². The first-order valence-corrected chi connectivity index (χ1v) is 13.5. The number of anilines is 2. The van der Waals surface area contributed by atoms with Gasteiger partial charge in [-0.1, -0.05) is 23.7 Å². The number of likely N-dealkylation sites (tertiary alicyclic amines) is 2. The van der Waals surface area contributed by atoms with Gasteiger partial charge in [-0.3, -0.25) is 14.8 Å². The van der Waals surface area contributed by atoms with E-state index in [1.165, 1.54) is 6.07 Å². The first-order valence-electron chi connectivity index (χ1n) is 13.1. The van der Waals surface area contributed by atoms with Gasteiger partial charge in [0, 0.05) is 55.3 Å². The molecule has 0 amide bonds. The average molecular weight is 559 g/mol. The van der Waals surface area contributed by atoms with E-state index in [9.17, 15) is 14.3 Å². The number of likely N-dealkylation sites (N-methyl/N-ethyl adjacent to an activating group) is 1. The van der Waals surface area contributed by atoms with Crippen molar-refractivity contribution in [2.75, 3.05) is 32.0 Å². The Hall–Kier alpha value is -3.08. The number of hydrogen-bond donors (Lipinski definition) is 3. The van der Waals surface area contributed by atoms with Crippen molar-refractivity contribution in [3.63, 3.8) is 0 Å². The molecule has 2 aliphatic rings. The van der Waals surface area contributed by atoms with Gasteiger partial charge in [0.25, 0.3) is 0 Å². The average Bonchev–Trinajstić information content (AvgIpc) is 3.27. The van der Waals surface area contributed by atoms with Crippen LogP contribution in [0.1, 0.15) is 48.2 Å². The number of nitrogens with one attached hydrogen (secondary N) is 2. The number of piperidine rings is 1. The second-order valence-electron chi connectivity index (χ2n) is 11.1. The third-order valence-electron chi connectivity index (χ3n) is 8.07. The van der Waals surface area contributed by atoms with E-state index in [1.54, 1.807) is 18.2 Å². The van der Waals surface area contributed by atoms with E-state index < -0.39 is 23.0 Å². The van der Waals surface area contributed by atoms with E-state index in [0.29, 0.717) is 35.9 Å². The number of hydrogen-bond acceptors (Lipinski definition) is 6. The number of halogens is 3. The van der Waals surface area contributed by atoms with Crippen LogP contribution in [0.25, 0.3) is 0 Å². The van der Waals surface area contributed by atoms with Gasteiger partial charge in [-0.05, 0) is 58.0 Å². The number of aromatic nitrogens is 3. The Kier molecular flexibility index (Phi) is 7.63. The van der Waals surface area contributed by atoms with Crippen LogP contribution in [-0.4, -0.2) is 68.8 Å². The molecule has 11 heteroatoms. The fourth-order valence-corrected chi connectivity index (χ4v) is 6.04. The number of aliphatic carboxylic acids is 1. The largest absolute Gasteiger partial charge is 0.481 e. The Morgan fingerprint density at radius 1 is 1.26 bits per heavy atom. The Morgan fingerprint density at radius 2 is 2.03 bits per heavy atom. The van der Waals surface area contributed by atoms with Crippen LogP contribution in [0, 0.1) is 24.0 Å². The Morgan fingerprint density at radius 3 is 2.67 bits per heavy atom. The molecule has 5 rings (SSSR count). The standard InChI is InChI=1S/C28H33ClF2N6O2/c1-16-9-24(35-34-16)33-23-10-20(19-13-36(3)14-19)26(31)22(32-23)12-28(27(38)39)7-8-37(17(2)11-28)15-18-5-4-6-21(29)25(18)30/h4-6,9-10,17,19H,7-8,11-15H2,1-3H3,(H,38,39)(H2,32,33,34,35)/t17-,28-/m1/s1. The molecule has 0 spiro atoms. The number of rotatable bonds is 8. The summed E-state index contributed by atoms with van der Waals surface area (Å²) in [6.45, 7) is 5.98. The van der Waals surface area contributed by atoms with Gasteiger partial charge in [0.1, 0.15) is 17.5 Å². The minimum atomic E-state index is -1.20. The van der Waals surface area contributed by atoms with Crippen LogP contribution in [0.5, 0.6) is 0 Å². The molecule has 3 aromatic rings. The van der Waals surface area contributed by atoms with Crippen LogP contribution in [-0.2, 0) is 17.8 Å². The number of carbonyl (C=O) groups is 1. The normalized spacial score (nSPS) is 22.6. The molecule has 2 saturated heterocycles. The van der Waals surface area contributed by atoms with E-state index in [-0.39, 0.29) is 41.9 Å². The van der Waals surface area contributed by atoms with Gasteiger partial charge in [-0.25, -0.2) is 13.8 Å². The highest BCUT2D eigenvalue weighted by atomic mass is 35.5. The molecule has 1 aromatic carbocycles. The second kappa shape index (κ2) is 10.8. The Bertz CT molecular complexity index is 1380. The van der Waals surface area contributed by atoms with Gasteiger partial charge < -0.3 is 15.3 Å². The number of carboxylic acids is 1. The summed E-state index contributed by atoms with van der Waals surface area (Å²) in [5.41, 5.74) is 0.804. The molecule has 4 heterocycles. The molecule has 3 N–H and O–H groups in total. The molecule has 0 radical (unpaired) electrons. The quantitative estimate of drug-likeness (QED) is 0.353. The molecule has 0 bridgehead atoms. The van der Waals surface area contributed by atoms with E-state index in [4.69, 9.17) is 11.6 Å². The summed E-state index contributed by atoms with van der Waals surface area (Å²) in [6, 6.07) is 8.24. The first kappa shape index (κ1) is 27.5. The lowest BCUT2D eigenvalue weighted by molar-refractivity contribution is -0.153. The lowest BCUT2D eigenvalue weighted by Gasteiger charge is -2.43. The monoisotopic (exact) mass is 558 g/mol. The molecule has 208 valence electrons. The lowest BCUT2D eigenvalue weighted by Crippen LogP contribution is -2.50. The number of H-pyrrole nitrogens is 1. The van der Waals surface area contributed by atoms with Crippen molar-refractivity contribution in [3.05, 3.63) is 69.5 Å². The number of aryl methyl sites for hydroxylation is 1. The highest BCUT2D eigenvalue weighted by Gasteiger charge is 2.46. The van der Waals surface area contributed by atoms with Gasteiger partial charge in [0.05, 0.1) is 16.1 Å². The van der Waals surface area contributed by atoms with Crippen LogP contribution in [0.4, 0.5) is 20.4 Å². The molecule has 39 heavy (non-hydrogen) atoms. The fourth-order valence-electron chi connectivity index (χ4n) is 5.84. The number of nitrogens with zero attached hydrogens (tertiary/aromatic N) is 4. The predicted octanol–water partition coefficient (Wildman–Crippen LogP) is 5.12. The summed E-state index contributed by atoms with van der Waals surface area (Å²) < 4.78 is 30.5. The van der Waals surface area contributed by atoms with E-state index in [1.807, 2.05) is 31.9 Å². The van der Waals surface area contributed by atoms with Crippen LogP contribution < -0.4 is 5.32 Å². The van der Waals surface area contributed by atoms with Gasteiger partial charge in [-0.2, -0.15) is 5.10 Å². The maximum absolute atomic E-state index is 15.9. The summed E-state index contributed by atoms with van der Waals surface area (Å²) in [5.74, 6) is -0.878. The van der Waals surface area contributed by atoms with E-state index >= 15 is 4.39 Å². The number of aromatic amines is 1. The smallest absolute Gasteiger partial charge is 0.310 e. The van der Waals surface area contributed by atoms with Gasteiger partial charge in [0.15, 0.2) is 5.82 Å². The third kappa shape index (κ3) is 5.64. The highest BCUT2D eigenvalue weighted by Crippen LogP contribution is 2.41. The van der Waals surface area contributed by atoms with Crippen molar-refractivity contribution < 1.29 is 18.7 Å². The van der Waals surface area contributed by atoms with E-state index in [0.717, 1.165) is 18.8 Å². The summed E-state index contributed by atoms with van der Waals surface area (Å²) >= 11 is 5.96. The van der Waals surface area contributed by atoms with Crippen molar-refractivity contribution in [2.24, 2.45) is 5.41 Å². The van der Waals surface area contributed by atoms with Crippen molar-refractivity contribution >= 4 is 29.2 Å². The minimum absolute atomic E-state index is 0.00682. The third-order valence-corrected chi connectivity index (χ3v) is 8.36. The van der Waals surface area contributed by atoms with Crippen LogP contribution >= 0.6 is 11.6 Å². The van der Waals surface area contributed by atoms with E-state index in [2.05, 4.69) is 25.4 Å². The zero-order valence-electron chi connectivity index (χ0n) is 22.3. The van der Waals surface area contributed by atoms with Crippen molar-refractivity contribution in [1.82, 2.24) is 25.0 Å². The van der Waals surface area contributed by atoms with Crippen molar-refractivity contribution in [3.8, 4) is 0 Å². The fraction of sp³-hybridized carbons (Fsp3) is 0.464. The number of pyridine rings is 1. The maximum atomic E-state index is 15.9. The zero-order chi connectivity index (χ0) is 27.9. The summed E-state index contributed by atoms with van der Waals surface area (Å²) in [4.78, 5) is 21.4. The van der Waals surface area contributed by atoms with Gasteiger partial charge >= 0.3 is 5.97 Å². The van der Waals surface area contributed by atoms with Crippen molar-refractivity contribution in [2.45, 2.75) is 51.6 Å². The summed E-state index contributed by atoms with van der Waals surface area (Å²) in [6.07, 6.45) is 0.527. The minimum Gasteiger partial charge on any atom is -0.481 e. The van der Waals surface area contributed by atoms with Crippen molar-refractivity contribution in [1.29, 1.82) is 0 Å². The first-order chi connectivity index (χ1) is 18.5. The number of benzene rings is 1. The predicted molar refractivity (Wildman–Crippen MR) is 145 cm³/mol. The maximum Gasteiger partial charge on any atom is 0.310 e. The highest BCUT2D eigenvalue weighted by molar-refractivity contribution is 6.30. The summed E-state index contributed by atoms with van der Waals surface area (Å²) in [5, 5.41) is 20.7. The second-order valence-corrected chi connectivity index (χ2v) is 11.5. The molecule has 0 saturated carbocycles. The molecule has 2 atom stereocenters. The molecular weight excluding hydrogens is 526 g/mol. The molecule has 2 fully saturated rings. The Balaban J connectivity index is 1.41. The summed E-state index contributed by atoms with van der Waals surface area (Å²) in [7, 11) is 1.98. The molecule has 2 aromatic heterocycles.